The minimum absolute atomic E-state index is 0.260. The molecule has 1 saturated carbocycles. The molecular formula is C16H20BrNO2. The predicted octanol–water partition coefficient (Wildman–Crippen LogP) is 4.63. The monoisotopic (exact) mass is 337 g/mol. The second kappa shape index (κ2) is 5.08. The first-order valence-electron chi connectivity index (χ1n) is 7.11. The Morgan fingerprint density at radius 1 is 1.25 bits per heavy atom. The number of nitrogens with two attached hydrogens (primary N) is 1. The van der Waals surface area contributed by atoms with Gasteiger partial charge in [0.2, 0.25) is 0 Å². The van der Waals surface area contributed by atoms with E-state index in [-0.39, 0.29) is 5.54 Å². The van der Waals surface area contributed by atoms with E-state index in [9.17, 15) is 0 Å². The number of fused-ring (bicyclic) bond motifs is 1. The number of methoxy groups -OCH3 is 1. The minimum Gasteiger partial charge on any atom is -0.493 e. The maximum Gasteiger partial charge on any atom is 0.177 e. The topological polar surface area (TPSA) is 48.4 Å². The molecule has 0 amide bonds. The Kier molecular flexibility index (Phi) is 3.55. The van der Waals surface area contributed by atoms with Crippen molar-refractivity contribution in [2.45, 2.75) is 44.6 Å². The van der Waals surface area contributed by atoms with E-state index in [4.69, 9.17) is 14.9 Å². The number of hydrogen-bond acceptors (Lipinski definition) is 3. The average Bonchev–Trinajstić information content (AvgIpc) is 2.82. The van der Waals surface area contributed by atoms with Crippen LogP contribution >= 0.6 is 15.9 Å². The maximum absolute atomic E-state index is 6.69. The van der Waals surface area contributed by atoms with Crippen molar-refractivity contribution in [1.29, 1.82) is 0 Å². The van der Waals surface area contributed by atoms with Crippen molar-refractivity contribution in [3.8, 4) is 5.75 Å². The van der Waals surface area contributed by atoms with Gasteiger partial charge in [-0.2, -0.15) is 0 Å². The van der Waals surface area contributed by atoms with Gasteiger partial charge in [-0.25, -0.2) is 0 Å². The van der Waals surface area contributed by atoms with E-state index in [0.717, 1.165) is 45.4 Å². The molecule has 108 valence electrons. The molecule has 1 fully saturated rings. The molecule has 1 aromatic heterocycles. The van der Waals surface area contributed by atoms with Crippen molar-refractivity contribution in [3.63, 3.8) is 0 Å². The van der Waals surface area contributed by atoms with E-state index in [1.54, 1.807) is 7.11 Å². The van der Waals surface area contributed by atoms with Gasteiger partial charge in [0.15, 0.2) is 11.3 Å². The molecule has 2 N–H and O–H groups in total. The Labute approximate surface area is 127 Å². The van der Waals surface area contributed by atoms with Gasteiger partial charge in [-0.05, 0) is 53.4 Å². The van der Waals surface area contributed by atoms with Crippen LogP contribution in [0.25, 0.3) is 11.0 Å². The second-order valence-electron chi connectivity index (χ2n) is 5.76. The number of furan rings is 1. The first-order valence-corrected chi connectivity index (χ1v) is 7.90. The number of hydrogen-bond donors (Lipinski definition) is 1. The van der Waals surface area contributed by atoms with Gasteiger partial charge in [0.1, 0.15) is 5.76 Å². The lowest BCUT2D eigenvalue weighted by Crippen LogP contribution is -2.39. The zero-order valence-corrected chi connectivity index (χ0v) is 13.5. The van der Waals surface area contributed by atoms with Crippen LogP contribution in [0, 0.1) is 6.92 Å². The number of rotatable bonds is 2. The fourth-order valence-corrected chi connectivity index (χ4v) is 4.04. The van der Waals surface area contributed by atoms with Gasteiger partial charge in [-0.3, -0.25) is 0 Å². The summed E-state index contributed by atoms with van der Waals surface area (Å²) in [7, 11) is 1.67. The van der Waals surface area contributed by atoms with E-state index >= 15 is 0 Å². The molecule has 4 heteroatoms. The summed E-state index contributed by atoms with van der Waals surface area (Å²) in [6.07, 6.45) is 5.70. The third kappa shape index (κ3) is 2.15. The van der Waals surface area contributed by atoms with Crippen molar-refractivity contribution >= 4 is 26.9 Å². The Morgan fingerprint density at radius 3 is 2.60 bits per heavy atom. The van der Waals surface area contributed by atoms with Crippen LogP contribution < -0.4 is 10.5 Å². The molecule has 0 atom stereocenters. The smallest absolute Gasteiger partial charge is 0.177 e. The lowest BCUT2D eigenvalue weighted by molar-refractivity contribution is 0.300. The van der Waals surface area contributed by atoms with Gasteiger partial charge >= 0.3 is 0 Å². The van der Waals surface area contributed by atoms with Gasteiger partial charge < -0.3 is 14.9 Å². The summed E-state index contributed by atoms with van der Waals surface area (Å²) in [4.78, 5) is 0. The standard InChI is InChI=1S/C16H20BrNO2/c1-10-8-11-14(17)12(9-13(19-2)15(11)20-10)16(18)6-4-3-5-7-16/h8-9H,3-7,18H2,1-2H3. The highest BCUT2D eigenvalue weighted by Crippen LogP contribution is 2.44. The van der Waals surface area contributed by atoms with Crippen molar-refractivity contribution in [1.82, 2.24) is 0 Å². The quantitative estimate of drug-likeness (QED) is 0.868. The van der Waals surface area contributed by atoms with Crippen molar-refractivity contribution in [3.05, 3.63) is 27.9 Å². The van der Waals surface area contributed by atoms with E-state index in [0.29, 0.717) is 0 Å². The largest absolute Gasteiger partial charge is 0.493 e. The van der Waals surface area contributed by atoms with Crippen LogP contribution in [-0.4, -0.2) is 7.11 Å². The summed E-state index contributed by atoms with van der Waals surface area (Å²) in [5.41, 5.74) is 8.36. The predicted molar refractivity (Wildman–Crippen MR) is 84.2 cm³/mol. The zero-order valence-electron chi connectivity index (χ0n) is 12.0. The Bertz CT molecular complexity index is 641. The van der Waals surface area contributed by atoms with Crippen molar-refractivity contribution < 1.29 is 9.15 Å². The average molecular weight is 338 g/mol. The Hall–Kier alpha value is -1.00. The Balaban J connectivity index is 2.22. The third-order valence-electron chi connectivity index (χ3n) is 4.33. The Morgan fingerprint density at radius 2 is 1.95 bits per heavy atom. The molecule has 3 nitrogen and oxygen atoms in total. The van der Waals surface area contributed by atoms with Crippen LogP contribution in [0.3, 0.4) is 0 Å². The van der Waals surface area contributed by atoms with Crippen LogP contribution in [0.5, 0.6) is 5.75 Å². The van der Waals surface area contributed by atoms with Crippen molar-refractivity contribution in [2.75, 3.05) is 7.11 Å². The fraction of sp³-hybridized carbons (Fsp3) is 0.500. The van der Waals surface area contributed by atoms with Crippen LogP contribution in [0.1, 0.15) is 43.4 Å². The molecule has 0 spiro atoms. The molecule has 3 rings (SSSR count). The normalized spacial score (nSPS) is 18.4. The number of ether oxygens (including phenoxy) is 1. The number of aryl methyl sites for hydroxylation is 1. The van der Waals surface area contributed by atoms with Crippen LogP contribution in [0.15, 0.2) is 21.0 Å². The van der Waals surface area contributed by atoms with E-state index < -0.39 is 0 Å². The molecule has 1 aliphatic rings. The molecule has 1 heterocycles. The summed E-state index contributed by atoms with van der Waals surface area (Å²) in [5, 5.41) is 1.05. The second-order valence-corrected chi connectivity index (χ2v) is 6.55. The summed E-state index contributed by atoms with van der Waals surface area (Å²) in [6, 6.07) is 4.08. The number of benzene rings is 1. The molecule has 0 radical (unpaired) electrons. The van der Waals surface area contributed by atoms with Gasteiger partial charge in [0, 0.05) is 15.4 Å². The summed E-state index contributed by atoms with van der Waals surface area (Å²) >= 11 is 3.73. The van der Waals surface area contributed by atoms with E-state index in [2.05, 4.69) is 15.9 Å². The molecule has 0 unspecified atom stereocenters. The molecule has 0 saturated heterocycles. The fourth-order valence-electron chi connectivity index (χ4n) is 3.23. The van der Waals surface area contributed by atoms with Crippen LogP contribution in [0.4, 0.5) is 0 Å². The third-order valence-corrected chi connectivity index (χ3v) is 5.18. The molecule has 2 aromatic rings. The highest BCUT2D eigenvalue weighted by molar-refractivity contribution is 9.10. The van der Waals surface area contributed by atoms with Gasteiger partial charge in [0.25, 0.3) is 0 Å². The molecule has 0 bridgehead atoms. The summed E-state index contributed by atoms with van der Waals surface area (Å²) < 4.78 is 12.3. The highest BCUT2D eigenvalue weighted by Gasteiger charge is 2.33. The number of halogens is 1. The van der Waals surface area contributed by atoms with Crippen LogP contribution in [-0.2, 0) is 5.54 Å². The van der Waals surface area contributed by atoms with Crippen LogP contribution in [0.2, 0.25) is 0 Å². The van der Waals surface area contributed by atoms with Crippen molar-refractivity contribution in [2.24, 2.45) is 5.73 Å². The lowest BCUT2D eigenvalue weighted by atomic mass is 9.77. The SMILES string of the molecule is COc1cc(C2(N)CCCCC2)c(Br)c2cc(C)oc12. The first-order chi connectivity index (χ1) is 9.55. The molecule has 20 heavy (non-hydrogen) atoms. The first kappa shape index (κ1) is 14.0. The molecular weight excluding hydrogens is 318 g/mol. The molecule has 0 aliphatic heterocycles. The van der Waals surface area contributed by atoms with Gasteiger partial charge in [-0.1, -0.05) is 19.3 Å². The minimum atomic E-state index is -0.260. The highest BCUT2D eigenvalue weighted by atomic mass is 79.9. The molecule has 1 aromatic carbocycles. The zero-order chi connectivity index (χ0) is 14.3. The maximum atomic E-state index is 6.69. The van der Waals surface area contributed by atoms with Gasteiger partial charge in [0.05, 0.1) is 7.11 Å². The lowest BCUT2D eigenvalue weighted by Gasteiger charge is -2.35. The molecule has 1 aliphatic carbocycles. The van der Waals surface area contributed by atoms with Gasteiger partial charge in [-0.15, -0.1) is 0 Å². The van der Waals surface area contributed by atoms with E-state index in [1.165, 1.54) is 19.3 Å². The summed E-state index contributed by atoms with van der Waals surface area (Å²) in [6.45, 7) is 1.95. The van der Waals surface area contributed by atoms with E-state index in [1.807, 2.05) is 19.1 Å². The summed E-state index contributed by atoms with van der Waals surface area (Å²) in [5.74, 6) is 1.65.